The van der Waals surface area contributed by atoms with Crippen molar-refractivity contribution in [2.45, 2.75) is 31.7 Å². The number of nitrogens with one attached hydrogen (secondary N) is 2. The van der Waals surface area contributed by atoms with Crippen molar-refractivity contribution in [2.24, 2.45) is 5.92 Å². The Hall–Kier alpha value is -0.210. The summed E-state index contributed by atoms with van der Waals surface area (Å²) in [4.78, 5) is 1.97. The van der Waals surface area contributed by atoms with Gasteiger partial charge in [-0.1, -0.05) is 0 Å². The third-order valence-corrected chi connectivity index (χ3v) is 5.64. The second-order valence-corrected chi connectivity index (χ2v) is 7.98. The summed E-state index contributed by atoms with van der Waals surface area (Å²) in [6.45, 7) is 3.54. The number of piperidine rings is 1. The number of rotatable bonds is 8. The quantitative estimate of drug-likeness (QED) is 0.654. The number of hydrogen-bond donors (Lipinski definition) is 2. The Labute approximate surface area is 123 Å². The summed E-state index contributed by atoms with van der Waals surface area (Å²) in [7, 11) is 0.589. The summed E-state index contributed by atoms with van der Waals surface area (Å²) in [6.07, 6.45) is 4.55. The first-order valence-electron chi connectivity index (χ1n) is 7.60. The number of nitrogens with zero attached hydrogens (tertiary/aromatic N) is 2. The fourth-order valence-corrected chi connectivity index (χ4v) is 3.69. The third kappa shape index (κ3) is 5.29. The van der Waals surface area contributed by atoms with E-state index in [-0.39, 0.29) is 0 Å². The van der Waals surface area contributed by atoms with E-state index in [0.29, 0.717) is 25.6 Å². The minimum atomic E-state index is -3.29. The average molecular weight is 304 g/mol. The van der Waals surface area contributed by atoms with Crippen molar-refractivity contribution in [3.63, 3.8) is 0 Å². The fourth-order valence-electron chi connectivity index (χ4n) is 2.46. The second-order valence-electron chi connectivity index (χ2n) is 6.23. The van der Waals surface area contributed by atoms with Crippen LogP contribution in [0.5, 0.6) is 0 Å². The van der Waals surface area contributed by atoms with Crippen molar-refractivity contribution in [3.05, 3.63) is 0 Å². The minimum Gasteiger partial charge on any atom is -0.314 e. The van der Waals surface area contributed by atoms with E-state index in [2.05, 4.69) is 10.0 Å². The molecule has 1 aliphatic heterocycles. The normalized spacial score (nSPS) is 22.6. The lowest BCUT2D eigenvalue weighted by molar-refractivity contribution is 0.264. The highest BCUT2D eigenvalue weighted by atomic mass is 32.2. The Kier molecular flexibility index (Phi) is 5.80. The van der Waals surface area contributed by atoms with Gasteiger partial charge in [0.25, 0.3) is 10.2 Å². The first-order chi connectivity index (χ1) is 9.47. The smallest absolute Gasteiger partial charge is 0.279 e. The average Bonchev–Trinajstić information content (AvgIpc) is 3.20. The molecule has 1 saturated carbocycles. The van der Waals surface area contributed by atoms with E-state index in [9.17, 15) is 8.42 Å². The van der Waals surface area contributed by atoms with Crippen molar-refractivity contribution >= 4 is 10.2 Å². The van der Waals surface area contributed by atoms with Gasteiger partial charge in [-0.2, -0.15) is 12.7 Å². The van der Waals surface area contributed by atoms with Gasteiger partial charge >= 0.3 is 0 Å². The predicted octanol–water partition coefficient (Wildman–Crippen LogP) is -0.154. The monoisotopic (exact) mass is 304 g/mol. The van der Waals surface area contributed by atoms with Crippen molar-refractivity contribution < 1.29 is 8.42 Å². The van der Waals surface area contributed by atoms with Crippen LogP contribution in [0.4, 0.5) is 0 Å². The number of likely N-dealkylation sites (N-methyl/N-ethyl adjacent to an activating group) is 1. The van der Waals surface area contributed by atoms with Gasteiger partial charge in [0, 0.05) is 32.2 Å². The second kappa shape index (κ2) is 7.17. The molecule has 6 nitrogen and oxygen atoms in total. The van der Waals surface area contributed by atoms with E-state index in [4.69, 9.17) is 0 Å². The van der Waals surface area contributed by atoms with Crippen LogP contribution in [0.2, 0.25) is 0 Å². The van der Waals surface area contributed by atoms with Gasteiger partial charge in [-0.15, -0.1) is 0 Å². The molecule has 1 saturated heterocycles. The highest BCUT2D eigenvalue weighted by Gasteiger charge is 2.28. The van der Waals surface area contributed by atoms with Crippen molar-refractivity contribution in [2.75, 3.05) is 46.8 Å². The molecule has 0 radical (unpaired) electrons. The maximum atomic E-state index is 12.1. The van der Waals surface area contributed by atoms with E-state index in [1.807, 2.05) is 19.0 Å². The zero-order valence-electron chi connectivity index (χ0n) is 12.6. The first kappa shape index (κ1) is 16.2. The Morgan fingerprint density at radius 3 is 2.35 bits per heavy atom. The first-order valence-corrected chi connectivity index (χ1v) is 9.04. The summed E-state index contributed by atoms with van der Waals surface area (Å²) in [5.74, 6) is 0.629. The zero-order valence-corrected chi connectivity index (χ0v) is 13.5. The van der Waals surface area contributed by atoms with Gasteiger partial charge in [0.1, 0.15) is 0 Å². The SMILES string of the molecule is CN(C)CCNS(=O)(=O)N1CCC(CNC2CC2)CC1. The van der Waals surface area contributed by atoms with Gasteiger partial charge in [-0.05, 0) is 52.2 Å². The maximum absolute atomic E-state index is 12.1. The molecule has 0 aromatic rings. The van der Waals surface area contributed by atoms with Crippen LogP contribution >= 0.6 is 0 Å². The molecule has 7 heteroatoms. The van der Waals surface area contributed by atoms with Crippen LogP contribution < -0.4 is 10.0 Å². The summed E-state index contributed by atoms with van der Waals surface area (Å²) in [5.41, 5.74) is 0. The molecular weight excluding hydrogens is 276 g/mol. The van der Waals surface area contributed by atoms with Crippen LogP contribution in [-0.4, -0.2) is 70.5 Å². The lowest BCUT2D eigenvalue weighted by Crippen LogP contribution is -2.47. The molecule has 0 amide bonds. The fraction of sp³-hybridized carbons (Fsp3) is 1.00. The highest BCUT2D eigenvalue weighted by molar-refractivity contribution is 7.87. The lowest BCUT2D eigenvalue weighted by Gasteiger charge is -2.31. The Morgan fingerprint density at radius 1 is 1.15 bits per heavy atom. The van der Waals surface area contributed by atoms with Crippen LogP contribution in [-0.2, 0) is 10.2 Å². The molecule has 0 aromatic carbocycles. The summed E-state index contributed by atoms with van der Waals surface area (Å²) in [5, 5.41) is 3.54. The van der Waals surface area contributed by atoms with Crippen LogP contribution in [0, 0.1) is 5.92 Å². The Balaban J connectivity index is 1.68. The minimum absolute atomic E-state index is 0.471. The molecule has 2 aliphatic rings. The van der Waals surface area contributed by atoms with E-state index in [1.54, 1.807) is 4.31 Å². The summed E-state index contributed by atoms with van der Waals surface area (Å²) in [6, 6.07) is 0.740. The standard InChI is InChI=1S/C13H28N4O2S/c1-16(2)10-7-15-20(18,19)17-8-5-12(6-9-17)11-14-13-3-4-13/h12-15H,3-11H2,1-2H3. The van der Waals surface area contributed by atoms with E-state index in [0.717, 1.165) is 32.0 Å². The molecule has 118 valence electrons. The van der Waals surface area contributed by atoms with Crippen LogP contribution in [0.25, 0.3) is 0 Å². The molecule has 0 unspecified atom stereocenters. The molecule has 1 aliphatic carbocycles. The largest absolute Gasteiger partial charge is 0.314 e. The van der Waals surface area contributed by atoms with Crippen molar-refractivity contribution in [1.29, 1.82) is 0 Å². The predicted molar refractivity (Wildman–Crippen MR) is 80.8 cm³/mol. The van der Waals surface area contributed by atoms with Crippen molar-refractivity contribution in [3.8, 4) is 0 Å². The molecule has 1 heterocycles. The molecule has 0 spiro atoms. The zero-order chi connectivity index (χ0) is 14.6. The number of hydrogen-bond acceptors (Lipinski definition) is 4. The van der Waals surface area contributed by atoms with Crippen molar-refractivity contribution in [1.82, 2.24) is 19.2 Å². The molecule has 2 N–H and O–H groups in total. The maximum Gasteiger partial charge on any atom is 0.279 e. The molecule has 2 rings (SSSR count). The summed E-state index contributed by atoms with van der Waals surface area (Å²) < 4.78 is 28.5. The highest BCUT2D eigenvalue weighted by Crippen LogP contribution is 2.22. The third-order valence-electron chi connectivity index (χ3n) is 4.03. The molecule has 20 heavy (non-hydrogen) atoms. The van der Waals surface area contributed by atoms with E-state index < -0.39 is 10.2 Å². The van der Waals surface area contributed by atoms with Gasteiger partial charge < -0.3 is 10.2 Å². The molecule has 0 atom stereocenters. The molecule has 0 bridgehead atoms. The Bertz CT molecular complexity index is 387. The molecular formula is C13H28N4O2S. The lowest BCUT2D eigenvalue weighted by atomic mass is 9.98. The molecule has 0 aromatic heterocycles. The van der Waals surface area contributed by atoms with Crippen LogP contribution in [0.15, 0.2) is 0 Å². The topological polar surface area (TPSA) is 64.7 Å². The van der Waals surface area contributed by atoms with Gasteiger partial charge in [-0.3, -0.25) is 0 Å². The van der Waals surface area contributed by atoms with Gasteiger partial charge in [0.15, 0.2) is 0 Å². The van der Waals surface area contributed by atoms with Gasteiger partial charge in [0.2, 0.25) is 0 Å². The van der Waals surface area contributed by atoms with Gasteiger partial charge in [-0.25, -0.2) is 4.72 Å². The van der Waals surface area contributed by atoms with Crippen LogP contribution in [0.3, 0.4) is 0 Å². The van der Waals surface area contributed by atoms with Gasteiger partial charge in [0.05, 0.1) is 0 Å². The summed E-state index contributed by atoms with van der Waals surface area (Å²) >= 11 is 0. The van der Waals surface area contributed by atoms with E-state index in [1.165, 1.54) is 12.8 Å². The Morgan fingerprint density at radius 2 is 1.80 bits per heavy atom. The van der Waals surface area contributed by atoms with Crippen LogP contribution in [0.1, 0.15) is 25.7 Å². The van der Waals surface area contributed by atoms with E-state index >= 15 is 0 Å². The molecule has 2 fully saturated rings.